The Hall–Kier alpha value is -2.09. The number of morpholine rings is 1. The smallest absolute Gasteiger partial charge is 0.412 e. The largest absolute Gasteiger partial charge is 0.444 e. The number of nitrogens with one attached hydrogen (secondary N) is 1. The lowest BCUT2D eigenvalue weighted by Crippen LogP contribution is -2.40. The van der Waals surface area contributed by atoms with Gasteiger partial charge in [-0.1, -0.05) is 41.9 Å². The standard InChI is InChI=1S/C17H17ClN2O4S/c18-15-13(8-20-6-7-23-10-14(20)21)11-25-16(15)19-17(22)24-9-12-4-2-1-3-5-12/h1-5,11H,6-10H2,(H,19,22). The van der Waals surface area contributed by atoms with Crippen LogP contribution < -0.4 is 5.32 Å². The molecule has 1 fully saturated rings. The molecule has 3 rings (SSSR count). The summed E-state index contributed by atoms with van der Waals surface area (Å²) in [5.74, 6) is -0.0645. The Labute approximate surface area is 154 Å². The minimum absolute atomic E-state index is 0.0645. The molecule has 1 N–H and O–H groups in total. The Bertz CT molecular complexity index is 750. The summed E-state index contributed by atoms with van der Waals surface area (Å²) in [7, 11) is 0. The number of halogens is 1. The van der Waals surface area contributed by atoms with E-state index in [1.165, 1.54) is 11.3 Å². The topological polar surface area (TPSA) is 67.9 Å². The van der Waals surface area contributed by atoms with E-state index in [1.807, 2.05) is 35.7 Å². The van der Waals surface area contributed by atoms with Crippen molar-refractivity contribution >= 4 is 39.9 Å². The minimum Gasteiger partial charge on any atom is -0.444 e. The molecule has 8 heteroatoms. The Kier molecular flexibility index (Phi) is 5.91. The van der Waals surface area contributed by atoms with Crippen LogP contribution in [-0.4, -0.2) is 36.7 Å². The van der Waals surface area contributed by atoms with E-state index in [2.05, 4.69) is 5.32 Å². The molecule has 2 amide bonds. The van der Waals surface area contributed by atoms with Gasteiger partial charge in [0, 0.05) is 18.7 Å². The fourth-order valence-corrected chi connectivity index (χ4v) is 3.53. The summed E-state index contributed by atoms with van der Waals surface area (Å²) in [6.07, 6.45) is -0.568. The number of rotatable bonds is 5. The highest BCUT2D eigenvalue weighted by Crippen LogP contribution is 2.34. The number of thiophene rings is 1. The molecule has 0 bridgehead atoms. The van der Waals surface area contributed by atoms with Gasteiger partial charge in [-0.05, 0) is 10.9 Å². The second kappa shape index (κ2) is 8.33. The van der Waals surface area contributed by atoms with Crippen LogP contribution in [0.5, 0.6) is 0 Å². The maximum absolute atomic E-state index is 11.9. The number of carbonyl (C=O) groups excluding carboxylic acids is 2. The summed E-state index contributed by atoms with van der Waals surface area (Å²) in [6, 6.07) is 9.42. The molecule has 0 aliphatic carbocycles. The molecule has 6 nitrogen and oxygen atoms in total. The van der Waals surface area contributed by atoms with Crippen LogP contribution in [0.1, 0.15) is 11.1 Å². The predicted molar refractivity (Wildman–Crippen MR) is 95.8 cm³/mol. The van der Waals surface area contributed by atoms with Crippen LogP contribution >= 0.6 is 22.9 Å². The number of amides is 2. The lowest BCUT2D eigenvalue weighted by atomic mass is 10.2. The molecule has 132 valence electrons. The van der Waals surface area contributed by atoms with Crippen LogP contribution in [0.3, 0.4) is 0 Å². The zero-order valence-corrected chi connectivity index (χ0v) is 14.9. The Balaban J connectivity index is 1.55. The van der Waals surface area contributed by atoms with Gasteiger partial charge in [-0.3, -0.25) is 10.1 Å². The average molecular weight is 381 g/mol. The first-order chi connectivity index (χ1) is 12.1. The third-order valence-corrected chi connectivity index (χ3v) is 5.16. The summed E-state index contributed by atoms with van der Waals surface area (Å²) in [5, 5.41) is 5.42. The molecule has 0 radical (unpaired) electrons. The SMILES string of the molecule is O=C(Nc1scc(CN2CCOCC2=O)c1Cl)OCc1ccccc1. The van der Waals surface area contributed by atoms with Crippen LogP contribution in [0, 0.1) is 0 Å². The second-order valence-corrected chi connectivity index (χ2v) is 6.72. The minimum atomic E-state index is -0.568. The van der Waals surface area contributed by atoms with Gasteiger partial charge in [0.2, 0.25) is 5.91 Å². The molecule has 25 heavy (non-hydrogen) atoms. The molecule has 0 atom stereocenters. The molecule has 1 aliphatic rings. The molecule has 2 heterocycles. The number of carbonyl (C=O) groups is 2. The molecular formula is C17H17ClN2O4S. The maximum atomic E-state index is 11.9. The highest BCUT2D eigenvalue weighted by molar-refractivity contribution is 7.15. The summed E-state index contributed by atoms with van der Waals surface area (Å²) >= 11 is 7.63. The van der Waals surface area contributed by atoms with Gasteiger partial charge < -0.3 is 14.4 Å². The van der Waals surface area contributed by atoms with E-state index < -0.39 is 6.09 Å². The van der Waals surface area contributed by atoms with E-state index in [-0.39, 0.29) is 19.1 Å². The second-order valence-electron chi connectivity index (χ2n) is 5.46. The summed E-state index contributed by atoms with van der Waals surface area (Å²) in [4.78, 5) is 25.4. The normalized spacial score (nSPS) is 14.4. The summed E-state index contributed by atoms with van der Waals surface area (Å²) < 4.78 is 10.3. The van der Waals surface area contributed by atoms with E-state index in [0.717, 1.165) is 11.1 Å². The van der Waals surface area contributed by atoms with Gasteiger partial charge in [0.15, 0.2) is 0 Å². The van der Waals surface area contributed by atoms with Crippen molar-refractivity contribution in [1.29, 1.82) is 0 Å². The fourth-order valence-electron chi connectivity index (χ4n) is 2.35. The Morgan fingerprint density at radius 3 is 2.92 bits per heavy atom. The van der Waals surface area contributed by atoms with Crippen molar-refractivity contribution in [3.05, 3.63) is 51.9 Å². The van der Waals surface area contributed by atoms with Crippen LogP contribution in [0.25, 0.3) is 0 Å². The van der Waals surface area contributed by atoms with Crippen molar-refractivity contribution in [3.8, 4) is 0 Å². The molecule has 1 aromatic heterocycles. The molecule has 1 aliphatic heterocycles. The first-order valence-corrected chi connectivity index (χ1v) is 8.98. The lowest BCUT2D eigenvalue weighted by Gasteiger charge is -2.26. The highest BCUT2D eigenvalue weighted by Gasteiger charge is 2.21. The summed E-state index contributed by atoms with van der Waals surface area (Å²) in [6.45, 7) is 1.74. The molecular weight excluding hydrogens is 364 g/mol. The van der Waals surface area contributed by atoms with Crippen molar-refractivity contribution in [1.82, 2.24) is 4.90 Å². The van der Waals surface area contributed by atoms with Gasteiger partial charge in [-0.2, -0.15) is 0 Å². The van der Waals surface area contributed by atoms with Crippen LogP contribution in [0.15, 0.2) is 35.7 Å². The molecule has 1 aromatic carbocycles. The molecule has 0 saturated carbocycles. The van der Waals surface area contributed by atoms with Gasteiger partial charge in [-0.15, -0.1) is 11.3 Å². The number of hydrogen-bond donors (Lipinski definition) is 1. The van der Waals surface area contributed by atoms with Gasteiger partial charge in [0.05, 0.1) is 11.6 Å². The maximum Gasteiger partial charge on any atom is 0.412 e. The summed E-state index contributed by atoms with van der Waals surface area (Å²) in [5.41, 5.74) is 1.70. The van der Waals surface area contributed by atoms with E-state index in [0.29, 0.717) is 29.7 Å². The molecule has 1 saturated heterocycles. The van der Waals surface area contributed by atoms with Gasteiger partial charge >= 0.3 is 6.09 Å². The van der Waals surface area contributed by atoms with Crippen molar-refractivity contribution in [2.45, 2.75) is 13.2 Å². The molecule has 0 spiro atoms. The number of benzene rings is 1. The first-order valence-electron chi connectivity index (χ1n) is 7.72. The average Bonchev–Trinajstić information content (AvgIpc) is 2.96. The lowest BCUT2D eigenvalue weighted by molar-refractivity contribution is -0.143. The van der Waals surface area contributed by atoms with E-state index in [1.54, 1.807) is 4.90 Å². The Morgan fingerprint density at radius 1 is 1.36 bits per heavy atom. The molecule has 0 unspecified atom stereocenters. The third kappa shape index (κ3) is 4.72. The van der Waals surface area contributed by atoms with Crippen molar-refractivity contribution in [3.63, 3.8) is 0 Å². The Morgan fingerprint density at radius 2 is 2.16 bits per heavy atom. The zero-order valence-electron chi connectivity index (χ0n) is 13.4. The number of hydrogen-bond acceptors (Lipinski definition) is 5. The first kappa shape index (κ1) is 17.7. The van der Waals surface area contributed by atoms with Gasteiger partial charge in [0.25, 0.3) is 0 Å². The van der Waals surface area contributed by atoms with E-state index >= 15 is 0 Å². The fraction of sp³-hybridized carbons (Fsp3) is 0.294. The van der Waals surface area contributed by atoms with Gasteiger partial charge in [-0.25, -0.2) is 4.79 Å². The quantitative estimate of drug-likeness (QED) is 0.861. The van der Waals surface area contributed by atoms with Crippen molar-refractivity contribution in [2.24, 2.45) is 0 Å². The van der Waals surface area contributed by atoms with Gasteiger partial charge in [0.1, 0.15) is 18.2 Å². The zero-order chi connectivity index (χ0) is 17.6. The number of anilines is 1. The van der Waals surface area contributed by atoms with E-state index in [4.69, 9.17) is 21.1 Å². The van der Waals surface area contributed by atoms with Crippen LogP contribution in [0.2, 0.25) is 5.02 Å². The predicted octanol–water partition coefficient (Wildman–Crippen LogP) is 3.51. The van der Waals surface area contributed by atoms with Crippen LogP contribution in [-0.2, 0) is 27.4 Å². The van der Waals surface area contributed by atoms with Crippen LogP contribution in [0.4, 0.5) is 9.80 Å². The van der Waals surface area contributed by atoms with Crippen molar-refractivity contribution < 1.29 is 19.1 Å². The number of nitrogens with zero attached hydrogens (tertiary/aromatic N) is 1. The number of ether oxygens (including phenoxy) is 2. The highest BCUT2D eigenvalue weighted by atomic mass is 35.5. The third-order valence-electron chi connectivity index (χ3n) is 3.67. The molecule has 2 aromatic rings. The monoisotopic (exact) mass is 380 g/mol. The van der Waals surface area contributed by atoms with E-state index in [9.17, 15) is 9.59 Å². The van der Waals surface area contributed by atoms with Crippen molar-refractivity contribution in [2.75, 3.05) is 25.1 Å².